The summed E-state index contributed by atoms with van der Waals surface area (Å²) in [5.74, 6) is -0.124. The lowest BCUT2D eigenvalue weighted by molar-refractivity contribution is -0.120. The zero-order chi connectivity index (χ0) is 21.8. The van der Waals surface area contributed by atoms with Gasteiger partial charge in [-0.3, -0.25) is 4.79 Å². The third-order valence-electron chi connectivity index (χ3n) is 5.49. The number of benzene rings is 3. The molecule has 0 unspecified atom stereocenters. The summed E-state index contributed by atoms with van der Waals surface area (Å²) in [5, 5.41) is 7.99. The molecule has 0 aromatic heterocycles. The Morgan fingerprint density at radius 1 is 0.903 bits per heavy atom. The predicted octanol–water partition coefficient (Wildman–Crippen LogP) is 2.76. The first-order chi connectivity index (χ1) is 14.9. The number of anilines is 1. The second-order valence-electron chi connectivity index (χ2n) is 7.76. The van der Waals surface area contributed by atoms with Crippen molar-refractivity contribution in [3.05, 3.63) is 95.1 Å². The van der Waals surface area contributed by atoms with E-state index in [0.717, 1.165) is 30.6 Å². The smallest absolute Gasteiger partial charge is 0.238 e. The van der Waals surface area contributed by atoms with Gasteiger partial charge in [0.15, 0.2) is 0 Å². The molecule has 1 heterocycles. The second-order valence-corrected chi connectivity index (χ2v) is 9.32. The van der Waals surface area contributed by atoms with Gasteiger partial charge in [-0.05, 0) is 46.9 Å². The molecule has 7 heteroatoms. The molecular formula is C24H25N3O3S. The van der Waals surface area contributed by atoms with Crippen molar-refractivity contribution in [2.75, 3.05) is 11.4 Å². The fourth-order valence-electron chi connectivity index (χ4n) is 3.80. The zero-order valence-electron chi connectivity index (χ0n) is 17.1. The van der Waals surface area contributed by atoms with E-state index in [9.17, 15) is 13.2 Å². The maximum atomic E-state index is 12.2. The second kappa shape index (κ2) is 8.91. The van der Waals surface area contributed by atoms with Crippen LogP contribution in [-0.2, 0) is 40.7 Å². The Bertz CT molecular complexity index is 1170. The zero-order valence-corrected chi connectivity index (χ0v) is 17.9. The van der Waals surface area contributed by atoms with E-state index in [-0.39, 0.29) is 17.2 Å². The average molecular weight is 436 g/mol. The SMILES string of the molecule is NS(=O)(=O)c1ccc(CC(=O)NCc2ccc(CN3CCc4ccccc43)cc2)cc1. The van der Waals surface area contributed by atoms with E-state index < -0.39 is 10.0 Å². The maximum Gasteiger partial charge on any atom is 0.238 e. The molecule has 160 valence electrons. The highest BCUT2D eigenvalue weighted by molar-refractivity contribution is 7.89. The fraction of sp³-hybridized carbons (Fsp3) is 0.208. The van der Waals surface area contributed by atoms with Crippen molar-refractivity contribution in [1.29, 1.82) is 0 Å². The average Bonchev–Trinajstić information content (AvgIpc) is 3.16. The Kier molecular flexibility index (Phi) is 6.06. The van der Waals surface area contributed by atoms with Gasteiger partial charge in [0.2, 0.25) is 15.9 Å². The molecule has 3 aromatic rings. The van der Waals surface area contributed by atoms with Gasteiger partial charge >= 0.3 is 0 Å². The van der Waals surface area contributed by atoms with Gasteiger partial charge in [-0.15, -0.1) is 0 Å². The molecule has 3 N–H and O–H groups in total. The standard InChI is InChI=1S/C24H25N3O3S/c25-31(29,30)22-11-9-18(10-12-22)15-24(28)26-16-19-5-7-20(8-6-19)17-27-14-13-21-3-1-2-4-23(21)27/h1-12H,13-17H2,(H,26,28)(H2,25,29,30). The Morgan fingerprint density at radius 2 is 1.55 bits per heavy atom. The highest BCUT2D eigenvalue weighted by Gasteiger charge is 2.18. The number of para-hydroxylation sites is 1. The molecule has 0 bridgehead atoms. The topological polar surface area (TPSA) is 92.5 Å². The van der Waals surface area contributed by atoms with Gasteiger partial charge in [0.25, 0.3) is 0 Å². The van der Waals surface area contributed by atoms with Crippen LogP contribution in [0.5, 0.6) is 0 Å². The number of primary sulfonamides is 1. The van der Waals surface area contributed by atoms with Crippen LogP contribution in [0.3, 0.4) is 0 Å². The molecule has 3 aromatic carbocycles. The summed E-state index contributed by atoms with van der Waals surface area (Å²) in [6, 6.07) is 22.9. The number of nitrogens with two attached hydrogens (primary N) is 1. The van der Waals surface area contributed by atoms with Crippen molar-refractivity contribution in [2.45, 2.75) is 30.8 Å². The normalized spacial score (nSPS) is 13.1. The van der Waals surface area contributed by atoms with Crippen LogP contribution >= 0.6 is 0 Å². The van der Waals surface area contributed by atoms with E-state index in [1.807, 2.05) is 12.1 Å². The molecule has 6 nitrogen and oxygen atoms in total. The predicted molar refractivity (Wildman–Crippen MR) is 121 cm³/mol. The maximum absolute atomic E-state index is 12.2. The molecule has 0 aliphatic carbocycles. The van der Waals surface area contributed by atoms with Gasteiger partial charge in [-0.25, -0.2) is 13.6 Å². The Labute approximate surface area is 182 Å². The van der Waals surface area contributed by atoms with Crippen molar-refractivity contribution >= 4 is 21.6 Å². The first-order valence-corrected chi connectivity index (χ1v) is 11.7. The molecule has 1 amide bonds. The summed E-state index contributed by atoms with van der Waals surface area (Å²) in [5.41, 5.74) is 5.72. The number of amides is 1. The molecule has 1 aliphatic heterocycles. The highest BCUT2D eigenvalue weighted by Crippen LogP contribution is 2.28. The van der Waals surface area contributed by atoms with Gasteiger partial charge in [0.05, 0.1) is 11.3 Å². The number of fused-ring (bicyclic) bond motifs is 1. The van der Waals surface area contributed by atoms with E-state index in [1.54, 1.807) is 12.1 Å². The van der Waals surface area contributed by atoms with Crippen LogP contribution in [0.4, 0.5) is 5.69 Å². The molecule has 0 atom stereocenters. The number of rotatable bonds is 7. The lowest BCUT2D eigenvalue weighted by Crippen LogP contribution is -2.24. The minimum atomic E-state index is -3.72. The number of carbonyl (C=O) groups excluding carboxylic acids is 1. The van der Waals surface area contributed by atoms with E-state index in [0.29, 0.717) is 6.54 Å². The Balaban J connectivity index is 1.28. The molecule has 0 saturated carbocycles. The Hall–Kier alpha value is -3.16. The van der Waals surface area contributed by atoms with Gasteiger partial charge in [0.1, 0.15) is 0 Å². The summed E-state index contributed by atoms with van der Waals surface area (Å²) in [4.78, 5) is 14.7. The third kappa shape index (κ3) is 5.31. The molecule has 1 aliphatic rings. The molecule has 0 radical (unpaired) electrons. The van der Waals surface area contributed by atoms with E-state index in [1.165, 1.54) is 28.9 Å². The summed E-state index contributed by atoms with van der Waals surface area (Å²) < 4.78 is 22.6. The van der Waals surface area contributed by atoms with Crippen molar-refractivity contribution < 1.29 is 13.2 Å². The van der Waals surface area contributed by atoms with Gasteiger partial charge < -0.3 is 10.2 Å². The molecule has 0 spiro atoms. The largest absolute Gasteiger partial charge is 0.367 e. The summed E-state index contributed by atoms with van der Waals surface area (Å²) in [6.07, 6.45) is 1.27. The number of hydrogen-bond acceptors (Lipinski definition) is 4. The Morgan fingerprint density at radius 3 is 2.26 bits per heavy atom. The van der Waals surface area contributed by atoms with Crippen LogP contribution in [0.25, 0.3) is 0 Å². The molecule has 31 heavy (non-hydrogen) atoms. The van der Waals surface area contributed by atoms with Crippen LogP contribution < -0.4 is 15.4 Å². The van der Waals surface area contributed by atoms with Crippen LogP contribution in [0.1, 0.15) is 22.3 Å². The van der Waals surface area contributed by atoms with Crippen molar-refractivity contribution in [3.8, 4) is 0 Å². The number of nitrogens with one attached hydrogen (secondary N) is 1. The van der Waals surface area contributed by atoms with Crippen LogP contribution in [0.2, 0.25) is 0 Å². The summed E-state index contributed by atoms with van der Waals surface area (Å²) in [7, 11) is -3.72. The first-order valence-electron chi connectivity index (χ1n) is 10.2. The first kappa shape index (κ1) is 21.1. The molecule has 4 rings (SSSR count). The van der Waals surface area contributed by atoms with E-state index in [4.69, 9.17) is 5.14 Å². The van der Waals surface area contributed by atoms with E-state index in [2.05, 4.69) is 46.6 Å². The van der Waals surface area contributed by atoms with Crippen molar-refractivity contribution in [1.82, 2.24) is 5.32 Å². The quantitative estimate of drug-likeness (QED) is 0.597. The van der Waals surface area contributed by atoms with Gasteiger partial charge in [0, 0.05) is 25.3 Å². The minimum Gasteiger partial charge on any atom is -0.367 e. The minimum absolute atomic E-state index is 0.0363. The fourth-order valence-corrected chi connectivity index (χ4v) is 4.31. The highest BCUT2D eigenvalue weighted by atomic mass is 32.2. The van der Waals surface area contributed by atoms with Gasteiger partial charge in [-0.1, -0.05) is 54.6 Å². The number of sulfonamides is 1. The lowest BCUT2D eigenvalue weighted by Gasteiger charge is -2.19. The van der Waals surface area contributed by atoms with Crippen LogP contribution in [0.15, 0.2) is 77.7 Å². The number of hydrogen-bond donors (Lipinski definition) is 2. The van der Waals surface area contributed by atoms with Crippen LogP contribution in [-0.4, -0.2) is 20.9 Å². The monoisotopic (exact) mass is 435 g/mol. The number of carbonyl (C=O) groups is 1. The van der Waals surface area contributed by atoms with Crippen molar-refractivity contribution in [2.24, 2.45) is 5.14 Å². The molecular weight excluding hydrogens is 410 g/mol. The summed E-state index contributed by atoms with van der Waals surface area (Å²) in [6.45, 7) is 2.36. The number of nitrogens with zero attached hydrogens (tertiary/aromatic N) is 1. The lowest BCUT2D eigenvalue weighted by atomic mass is 10.1. The summed E-state index contributed by atoms with van der Waals surface area (Å²) >= 11 is 0. The van der Waals surface area contributed by atoms with Crippen LogP contribution in [0, 0.1) is 0 Å². The van der Waals surface area contributed by atoms with Crippen molar-refractivity contribution in [3.63, 3.8) is 0 Å². The van der Waals surface area contributed by atoms with Gasteiger partial charge in [-0.2, -0.15) is 0 Å². The molecule has 0 saturated heterocycles. The molecule has 0 fully saturated rings. The van der Waals surface area contributed by atoms with E-state index >= 15 is 0 Å². The third-order valence-corrected chi connectivity index (χ3v) is 6.42.